The van der Waals surface area contributed by atoms with Gasteiger partial charge in [0.25, 0.3) is 0 Å². The van der Waals surface area contributed by atoms with Crippen LogP contribution in [-0.4, -0.2) is 62.5 Å². The molecule has 0 aromatic rings. The van der Waals surface area contributed by atoms with Crippen LogP contribution in [0.1, 0.15) is 53.4 Å². The topological polar surface area (TPSA) is 33.7 Å². The van der Waals surface area contributed by atoms with Gasteiger partial charge in [-0.3, -0.25) is 0 Å². The number of likely N-dealkylation sites (tertiary alicyclic amines) is 1. The maximum atomic E-state index is 6.00. The molecule has 4 atom stereocenters. The first-order valence-corrected chi connectivity index (χ1v) is 10.5. The van der Waals surface area contributed by atoms with Crippen LogP contribution in [0.4, 0.5) is 0 Å². The van der Waals surface area contributed by atoms with Crippen molar-refractivity contribution in [2.45, 2.75) is 64.6 Å². The second kappa shape index (κ2) is 7.84. The molecule has 0 aromatic heterocycles. The quantitative estimate of drug-likeness (QED) is 0.828. The molecule has 0 saturated carbocycles. The van der Waals surface area contributed by atoms with Crippen LogP contribution in [-0.2, 0) is 9.47 Å². The minimum Gasteiger partial charge on any atom is -0.373 e. The lowest BCUT2D eigenvalue weighted by Crippen LogP contribution is -2.31. The minimum absolute atomic E-state index is 0.231. The van der Waals surface area contributed by atoms with E-state index < -0.39 is 0 Å². The molecule has 1 N–H and O–H groups in total. The summed E-state index contributed by atoms with van der Waals surface area (Å²) < 4.78 is 11.9. The maximum Gasteiger partial charge on any atom is 0.0824 e. The normalized spacial score (nSPS) is 41.4. The molecule has 4 heterocycles. The zero-order valence-electron chi connectivity index (χ0n) is 17.1. The zero-order chi connectivity index (χ0) is 18.1. The van der Waals surface area contributed by atoms with E-state index in [9.17, 15) is 0 Å². The van der Waals surface area contributed by atoms with E-state index in [4.69, 9.17) is 9.47 Å². The Morgan fingerprint density at radius 2 is 1.52 bits per heavy atom. The Bertz CT molecular complexity index is 434. The smallest absolute Gasteiger partial charge is 0.0824 e. The Kier molecular flexibility index (Phi) is 6.14. The highest BCUT2D eigenvalue weighted by molar-refractivity contribution is 4.97. The molecule has 4 aliphatic heterocycles. The van der Waals surface area contributed by atoms with Crippen molar-refractivity contribution in [1.29, 1.82) is 0 Å². The van der Waals surface area contributed by atoms with E-state index >= 15 is 0 Å². The molecular weight excluding hydrogens is 312 g/mol. The summed E-state index contributed by atoms with van der Waals surface area (Å²) in [7, 11) is 2.20. The molecule has 146 valence electrons. The number of nitrogens with one attached hydrogen (secondary N) is 1. The van der Waals surface area contributed by atoms with E-state index in [1.54, 1.807) is 0 Å². The van der Waals surface area contributed by atoms with Crippen LogP contribution >= 0.6 is 0 Å². The number of hydrogen-bond acceptors (Lipinski definition) is 4. The second-order valence-corrected chi connectivity index (χ2v) is 9.82. The van der Waals surface area contributed by atoms with Gasteiger partial charge in [-0.05, 0) is 62.9 Å². The lowest BCUT2D eigenvalue weighted by molar-refractivity contribution is 0.0129. The molecule has 25 heavy (non-hydrogen) atoms. The van der Waals surface area contributed by atoms with Crippen molar-refractivity contribution in [2.75, 3.05) is 46.4 Å². The van der Waals surface area contributed by atoms with Crippen LogP contribution in [0.25, 0.3) is 0 Å². The fraction of sp³-hybridized carbons (Fsp3) is 1.00. The first-order valence-electron chi connectivity index (χ1n) is 10.5. The summed E-state index contributed by atoms with van der Waals surface area (Å²) in [5, 5.41) is 3.39. The van der Waals surface area contributed by atoms with Gasteiger partial charge >= 0.3 is 0 Å². The summed E-state index contributed by atoms with van der Waals surface area (Å²) in [6.45, 7) is 15.8. The molecule has 2 spiro atoms. The highest BCUT2D eigenvalue weighted by atomic mass is 16.5. The SMILES string of the molecule is CC(C)C1COC2(CCN(C)C2)C1.CC(C)C1COC2(CCNC2)C1. The highest BCUT2D eigenvalue weighted by Gasteiger charge is 2.45. The molecule has 4 fully saturated rings. The average molecular weight is 353 g/mol. The van der Waals surface area contributed by atoms with Crippen LogP contribution in [0.5, 0.6) is 0 Å². The van der Waals surface area contributed by atoms with Gasteiger partial charge in [-0.2, -0.15) is 0 Å². The third-order valence-corrected chi connectivity index (χ3v) is 7.07. The van der Waals surface area contributed by atoms with Gasteiger partial charge in [0.15, 0.2) is 0 Å². The molecule has 4 aliphatic rings. The molecule has 4 heteroatoms. The largest absolute Gasteiger partial charge is 0.373 e. The summed E-state index contributed by atoms with van der Waals surface area (Å²) in [6, 6.07) is 0. The predicted octanol–water partition coefficient (Wildman–Crippen LogP) is 3.16. The van der Waals surface area contributed by atoms with E-state index in [0.29, 0.717) is 0 Å². The van der Waals surface area contributed by atoms with E-state index in [0.717, 1.165) is 56.5 Å². The Labute approximate surface area is 155 Å². The Morgan fingerprint density at radius 1 is 0.920 bits per heavy atom. The third-order valence-electron chi connectivity index (χ3n) is 7.07. The van der Waals surface area contributed by atoms with Crippen LogP contribution < -0.4 is 5.32 Å². The van der Waals surface area contributed by atoms with Gasteiger partial charge in [-0.15, -0.1) is 0 Å². The van der Waals surface area contributed by atoms with Crippen molar-refractivity contribution < 1.29 is 9.47 Å². The van der Waals surface area contributed by atoms with Crippen molar-refractivity contribution in [3.05, 3.63) is 0 Å². The molecule has 0 radical (unpaired) electrons. The Morgan fingerprint density at radius 3 is 1.96 bits per heavy atom. The molecule has 0 aromatic carbocycles. The summed E-state index contributed by atoms with van der Waals surface area (Å²) in [6.07, 6.45) is 5.02. The van der Waals surface area contributed by atoms with Gasteiger partial charge in [-0.25, -0.2) is 0 Å². The van der Waals surface area contributed by atoms with Crippen LogP contribution in [0.2, 0.25) is 0 Å². The molecule has 0 aliphatic carbocycles. The zero-order valence-corrected chi connectivity index (χ0v) is 17.1. The van der Waals surface area contributed by atoms with Crippen molar-refractivity contribution in [1.82, 2.24) is 10.2 Å². The molecule has 0 amide bonds. The number of rotatable bonds is 2. The van der Waals surface area contributed by atoms with Crippen molar-refractivity contribution in [3.8, 4) is 0 Å². The average Bonchev–Trinajstić information content (AvgIpc) is 3.32. The van der Waals surface area contributed by atoms with Gasteiger partial charge in [0.1, 0.15) is 0 Å². The van der Waals surface area contributed by atoms with Gasteiger partial charge in [0.05, 0.1) is 24.4 Å². The monoisotopic (exact) mass is 352 g/mol. The minimum atomic E-state index is 0.231. The lowest BCUT2D eigenvalue weighted by atomic mass is 9.87. The molecular formula is C21H40N2O2. The summed E-state index contributed by atoms with van der Waals surface area (Å²) >= 11 is 0. The van der Waals surface area contributed by atoms with Crippen LogP contribution in [0, 0.1) is 23.7 Å². The summed E-state index contributed by atoms with van der Waals surface area (Å²) in [4.78, 5) is 2.39. The Hall–Kier alpha value is -0.160. The standard InChI is InChI=1S/C11H21NO.C10H19NO/c1-9(2)10-6-11(13-7-10)4-5-12(3)8-11;1-8(2)9-5-10(12-6-9)3-4-11-7-10/h9-10H,4-8H2,1-3H3;8-9,11H,3-7H2,1-2H3. The first-order chi connectivity index (χ1) is 11.8. The molecule has 0 bridgehead atoms. The van der Waals surface area contributed by atoms with E-state index in [1.165, 1.54) is 32.2 Å². The van der Waals surface area contributed by atoms with Gasteiger partial charge in [0, 0.05) is 19.6 Å². The summed E-state index contributed by atoms with van der Waals surface area (Å²) in [5.74, 6) is 3.16. The second-order valence-electron chi connectivity index (χ2n) is 9.82. The molecule has 4 unspecified atom stereocenters. The molecule has 4 nitrogen and oxygen atoms in total. The fourth-order valence-corrected chi connectivity index (χ4v) is 4.96. The molecule has 4 rings (SSSR count). The van der Waals surface area contributed by atoms with Crippen molar-refractivity contribution in [2.24, 2.45) is 23.7 Å². The number of nitrogens with zero attached hydrogens (tertiary/aromatic N) is 1. The van der Waals surface area contributed by atoms with Crippen molar-refractivity contribution >= 4 is 0 Å². The molecule has 4 saturated heterocycles. The van der Waals surface area contributed by atoms with E-state index in [-0.39, 0.29) is 11.2 Å². The van der Waals surface area contributed by atoms with E-state index in [1.807, 2.05) is 0 Å². The first kappa shape index (κ1) is 19.6. The van der Waals surface area contributed by atoms with Gasteiger partial charge < -0.3 is 19.7 Å². The van der Waals surface area contributed by atoms with Crippen molar-refractivity contribution in [3.63, 3.8) is 0 Å². The van der Waals surface area contributed by atoms with E-state index in [2.05, 4.69) is 45.0 Å². The lowest BCUT2D eigenvalue weighted by Gasteiger charge is -2.22. The number of hydrogen-bond donors (Lipinski definition) is 1. The van der Waals surface area contributed by atoms with Crippen LogP contribution in [0.3, 0.4) is 0 Å². The number of likely N-dealkylation sites (N-methyl/N-ethyl adjacent to an activating group) is 1. The Balaban J connectivity index is 0.000000146. The predicted molar refractivity (Wildman–Crippen MR) is 103 cm³/mol. The maximum absolute atomic E-state index is 6.00. The van der Waals surface area contributed by atoms with Gasteiger partial charge in [0.2, 0.25) is 0 Å². The summed E-state index contributed by atoms with van der Waals surface area (Å²) in [5.41, 5.74) is 0.471. The fourth-order valence-electron chi connectivity index (χ4n) is 4.96. The number of ether oxygens (including phenoxy) is 2. The van der Waals surface area contributed by atoms with Crippen LogP contribution in [0.15, 0.2) is 0 Å². The highest BCUT2D eigenvalue weighted by Crippen LogP contribution is 2.40. The van der Waals surface area contributed by atoms with Gasteiger partial charge in [-0.1, -0.05) is 27.7 Å². The third kappa shape index (κ3) is 4.58.